The van der Waals surface area contributed by atoms with Crippen molar-refractivity contribution >= 4 is 52.4 Å². The van der Waals surface area contributed by atoms with E-state index in [1.165, 1.54) is 34.8 Å². The molecule has 2 N–H and O–H groups in total. The highest BCUT2D eigenvalue weighted by Gasteiger charge is 2.17. The standard InChI is InChI=1S/C19H22N2O2S3/c22-17(6-2-8-20-18(23)15-7-11-24-13-15)21-16-5-1-4-14(12-16)19-25-9-3-10-26-19/h1,4-5,7,11-13,19H,2-3,6,8-10H2,(H,20,23)(H,21,22). The van der Waals surface area contributed by atoms with Crippen LogP contribution in [0.15, 0.2) is 41.1 Å². The van der Waals surface area contributed by atoms with Gasteiger partial charge in [-0.15, -0.1) is 23.5 Å². The number of anilines is 1. The van der Waals surface area contributed by atoms with E-state index in [1.54, 1.807) is 6.07 Å². The summed E-state index contributed by atoms with van der Waals surface area (Å²) in [5.41, 5.74) is 2.79. The largest absolute Gasteiger partial charge is 0.352 e. The molecule has 0 unspecified atom stereocenters. The molecule has 0 saturated carbocycles. The van der Waals surface area contributed by atoms with Gasteiger partial charge in [-0.25, -0.2) is 0 Å². The van der Waals surface area contributed by atoms with Crippen LogP contribution in [0.3, 0.4) is 0 Å². The molecule has 0 atom stereocenters. The van der Waals surface area contributed by atoms with E-state index in [0.717, 1.165) is 5.69 Å². The van der Waals surface area contributed by atoms with E-state index in [4.69, 9.17) is 0 Å². The van der Waals surface area contributed by atoms with Crippen molar-refractivity contribution in [1.82, 2.24) is 5.32 Å². The number of carbonyl (C=O) groups excluding carboxylic acids is 2. The van der Waals surface area contributed by atoms with Gasteiger partial charge in [-0.2, -0.15) is 11.3 Å². The fourth-order valence-electron chi connectivity index (χ4n) is 2.61. The molecule has 7 heteroatoms. The van der Waals surface area contributed by atoms with Crippen molar-refractivity contribution < 1.29 is 9.59 Å². The maximum Gasteiger partial charge on any atom is 0.252 e. The summed E-state index contributed by atoms with van der Waals surface area (Å²) in [6.45, 7) is 0.498. The molecule has 1 aromatic carbocycles. The SMILES string of the molecule is O=C(CCCNC(=O)c1ccsc1)Nc1cccc(C2SCCCS2)c1. The number of hydrogen-bond acceptors (Lipinski definition) is 5. The zero-order chi connectivity index (χ0) is 18.2. The molecular weight excluding hydrogens is 384 g/mol. The molecule has 3 rings (SSSR count). The summed E-state index contributed by atoms with van der Waals surface area (Å²) in [4.78, 5) is 24.0. The lowest BCUT2D eigenvalue weighted by Crippen LogP contribution is -2.25. The minimum absolute atomic E-state index is 0.0177. The Morgan fingerprint density at radius 1 is 1.15 bits per heavy atom. The molecule has 26 heavy (non-hydrogen) atoms. The van der Waals surface area contributed by atoms with Gasteiger partial charge < -0.3 is 10.6 Å². The fourth-order valence-corrected chi connectivity index (χ4v) is 6.12. The van der Waals surface area contributed by atoms with Crippen LogP contribution in [0.4, 0.5) is 5.69 Å². The van der Waals surface area contributed by atoms with E-state index in [1.807, 2.05) is 46.4 Å². The third kappa shape index (κ3) is 5.79. The number of benzene rings is 1. The molecule has 2 amide bonds. The highest BCUT2D eigenvalue weighted by atomic mass is 32.2. The number of hydrogen-bond donors (Lipinski definition) is 2. The monoisotopic (exact) mass is 406 g/mol. The Kier molecular flexibility index (Phi) is 7.46. The smallest absolute Gasteiger partial charge is 0.252 e. The summed E-state index contributed by atoms with van der Waals surface area (Å²) < 4.78 is 0.466. The Bertz CT molecular complexity index is 728. The Balaban J connectivity index is 1.41. The van der Waals surface area contributed by atoms with Crippen LogP contribution in [0, 0.1) is 0 Å². The third-order valence-electron chi connectivity index (χ3n) is 3.92. The zero-order valence-electron chi connectivity index (χ0n) is 14.4. The quantitative estimate of drug-likeness (QED) is 0.651. The Hall–Kier alpha value is -1.44. The highest BCUT2D eigenvalue weighted by molar-refractivity contribution is 8.16. The molecule has 1 fully saturated rings. The summed E-state index contributed by atoms with van der Waals surface area (Å²) in [7, 11) is 0. The van der Waals surface area contributed by atoms with E-state index >= 15 is 0 Å². The van der Waals surface area contributed by atoms with Gasteiger partial charge in [-0.05, 0) is 53.5 Å². The first-order chi connectivity index (χ1) is 12.7. The van der Waals surface area contributed by atoms with Crippen molar-refractivity contribution in [2.75, 3.05) is 23.4 Å². The fraction of sp³-hybridized carbons (Fsp3) is 0.368. The molecular formula is C19H22N2O2S3. The molecule has 0 bridgehead atoms. The predicted molar refractivity (Wildman–Crippen MR) is 113 cm³/mol. The predicted octanol–water partition coefficient (Wildman–Crippen LogP) is 4.77. The van der Waals surface area contributed by atoms with E-state index in [0.29, 0.717) is 29.5 Å². The number of thioether (sulfide) groups is 2. The minimum atomic E-state index is -0.0816. The Labute approximate surface area is 166 Å². The van der Waals surface area contributed by atoms with Gasteiger partial charge in [-0.3, -0.25) is 9.59 Å². The second kappa shape index (κ2) is 10.0. The number of carbonyl (C=O) groups is 2. The first kappa shape index (κ1) is 19.3. The molecule has 4 nitrogen and oxygen atoms in total. The normalized spacial score (nSPS) is 14.8. The highest BCUT2D eigenvalue weighted by Crippen LogP contribution is 2.44. The molecule has 1 saturated heterocycles. The van der Waals surface area contributed by atoms with Gasteiger partial charge in [0.1, 0.15) is 0 Å². The summed E-state index contributed by atoms with van der Waals surface area (Å²) >= 11 is 5.44. The third-order valence-corrected chi connectivity index (χ3v) is 7.62. The lowest BCUT2D eigenvalue weighted by Gasteiger charge is -2.21. The van der Waals surface area contributed by atoms with Crippen molar-refractivity contribution in [3.8, 4) is 0 Å². The van der Waals surface area contributed by atoms with Crippen LogP contribution in [0.2, 0.25) is 0 Å². The van der Waals surface area contributed by atoms with E-state index in [2.05, 4.69) is 22.8 Å². The van der Waals surface area contributed by atoms with Crippen molar-refractivity contribution in [3.05, 3.63) is 52.2 Å². The molecule has 1 aliphatic rings. The molecule has 2 aromatic rings. The van der Waals surface area contributed by atoms with Crippen LogP contribution in [0.5, 0.6) is 0 Å². The van der Waals surface area contributed by atoms with Gasteiger partial charge in [0.2, 0.25) is 5.91 Å². The summed E-state index contributed by atoms with van der Waals surface area (Å²) in [6, 6.07) is 9.93. The molecule has 1 aromatic heterocycles. The van der Waals surface area contributed by atoms with Crippen molar-refractivity contribution in [3.63, 3.8) is 0 Å². The van der Waals surface area contributed by atoms with E-state index < -0.39 is 0 Å². The van der Waals surface area contributed by atoms with Gasteiger partial charge in [-0.1, -0.05) is 12.1 Å². The van der Waals surface area contributed by atoms with Gasteiger partial charge in [0, 0.05) is 29.6 Å². The maximum absolute atomic E-state index is 12.1. The second-order valence-corrected chi connectivity index (χ2v) is 9.48. The molecule has 0 aliphatic carbocycles. The molecule has 138 valence electrons. The second-order valence-electron chi connectivity index (χ2n) is 5.97. The van der Waals surface area contributed by atoms with Crippen molar-refractivity contribution in [1.29, 1.82) is 0 Å². The number of amides is 2. The average Bonchev–Trinajstić information content (AvgIpc) is 3.21. The Morgan fingerprint density at radius 3 is 2.77 bits per heavy atom. The van der Waals surface area contributed by atoms with E-state index in [9.17, 15) is 9.59 Å². The molecule has 1 aliphatic heterocycles. The molecule has 2 heterocycles. The Morgan fingerprint density at radius 2 is 2.00 bits per heavy atom. The molecule has 0 spiro atoms. The van der Waals surface area contributed by atoms with Crippen LogP contribution >= 0.6 is 34.9 Å². The van der Waals surface area contributed by atoms with Crippen molar-refractivity contribution in [2.24, 2.45) is 0 Å². The van der Waals surface area contributed by atoms with Crippen LogP contribution in [-0.2, 0) is 4.79 Å². The first-order valence-electron chi connectivity index (χ1n) is 8.66. The van der Waals surface area contributed by atoms with Crippen molar-refractivity contribution in [2.45, 2.75) is 23.8 Å². The van der Waals surface area contributed by atoms with E-state index in [-0.39, 0.29) is 11.8 Å². The van der Waals surface area contributed by atoms with Crippen LogP contribution in [0.25, 0.3) is 0 Å². The topological polar surface area (TPSA) is 58.2 Å². The van der Waals surface area contributed by atoms with Crippen LogP contribution in [0.1, 0.15) is 39.8 Å². The van der Waals surface area contributed by atoms with Crippen LogP contribution in [-0.4, -0.2) is 29.9 Å². The summed E-state index contributed by atoms with van der Waals surface area (Å²) in [5, 5.41) is 9.50. The first-order valence-corrected chi connectivity index (χ1v) is 11.7. The number of rotatable bonds is 7. The lowest BCUT2D eigenvalue weighted by atomic mass is 10.2. The summed E-state index contributed by atoms with van der Waals surface area (Å²) in [6.07, 6.45) is 2.28. The molecule has 0 radical (unpaired) electrons. The van der Waals surface area contributed by atoms with Crippen LogP contribution < -0.4 is 10.6 Å². The summed E-state index contributed by atoms with van der Waals surface area (Å²) in [5.74, 6) is 2.30. The van der Waals surface area contributed by atoms with Gasteiger partial charge >= 0.3 is 0 Å². The number of thiophene rings is 1. The average molecular weight is 407 g/mol. The van der Waals surface area contributed by atoms with Gasteiger partial charge in [0.15, 0.2) is 0 Å². The lowest BCUT2D eigenvalue weighted by molar-refractivity contribution is -0.116. The van der Waals surface area contributed by atoms with Gasteiger partial charge in [0.05, 0.1) is 4.58 Å². The zero-order valence-corrected chi connectivity index (χ0v) is 16.9. The van der Waals surface area contributed by atoms with Gasteiger partial charge in [0.25, 0.3) is 5.91 Å². The minimum Gasteiger partial charge on any atom is -0.352 e. The maximum atomic E-state index is 12.1. The number of nitrogens with one attached hydrogen (secondary N) is 2.